The second-order valence-corrected chi connectivity index (χ2v) is 8.57. The molecule has 3 rings (SSSR count). The van der Waals surface area contributed by atoms with E-state index in [0.29, 0.717) is 17.4 Å². The predicted molar refractivity (Wildman–Crippen MR) is 95.2 cm³/mol. The minimum Gasteiger partial charge on any atom is -0.265 e. The molecule has 0 atom stereocenters. The van der Waals surface area contributed by atoms with Crippen molar-refractivity contribution >= 4 is 10.0 Å². The maximum atomic E-state index is 12.7. The lowest BCUT2D eigenvalue weighted by Gasteiger charge is -2.22. The van der Waals surface area contributed by atoms with Crippen LogP contribution in [0.5, 0.6) is 0 Å². The SMILES string of the molecule is CN(Cc1ccncc1)S(=O)(=O)c1ccc(C2CCCCC2)cc1. The molecule has 24 heavy (non-hydrogen) atoms. The maximum absolute atomic E-state index is 12.7. The summed E-state index contributed by atoms with van der Waals surface area (Å²) in [6.45, 7) is 0.342. The molecule has 1 saturated carbocycles. The highest BCUT2D eigenvalue weighted by Crippen LogP contribution is 2.33. The maximum Gasteiger partial charge on any atom is 0.243 e. The highest BCUT2D eigenvalue weighted by atomic mass is 32.2. The molecule has 0 aliphatic heterocycles. The van der Waals surface area contributed by atoms with E-state index in [4.69, 9.17) is 0 Å². The zero-order valence-corrected chi connectivity index (χ0v) is 14.9. The second kappa shape index (κ2) is 7.45. The normalized spacial score (nSPS) is 16.4. The van der Waals surface area contributed by atoms with Gasteiger partial charge in [-0.25, -0.2) is 8.42 Å². The van der Waals surface area contributed by atoms with Gasteiger partial charge in [0, 0.05) is 26.0 Å². The number of sulfonamides is 1. The standard InChI is InChI=1S/C19H24N2O2S/c1-21(15-16-11-13-20-14-12-16)24(22,23)19-9-7-18(8-10-19)17-5-3-2-4-6-17/h7-14,17H,2-6,15H2,1H3. The Kier molecular flexibility index (Phi) is 5.31. The van der Waals surface area contributed by atoms with Crippen LogP contribution in [0, 0.1) is 0 Å². The van der Waals surface area contributed by atoms with Gasteiger partial charge in [0.15, 0.2) is 0 Å². The summed E-state index contributed by atoms with van der Waals surface area (Å²) in [6, 6.07) is 11.1. The predicted octanol–water partition coefficient (Wildman–Crippen LogP) is 3.95. The number of rotatable bonds is 5. The smallest absolute Gasteiger partial charge is 0.243 e. The third-order valence-corrected chi connectivity index (χ3v) is 6.64. The zero-order valence-electron chi connectivity index (χ0n) is 14.1. The molecule has 0 spiro atoms. The summed E-state index contributed by atoms with van der Waals surface area (Å²) in [6.07, 6.45) is 9.66. The molecule has 1 aliphatic carbocycles. The highest BCUT2D eigenvalue weighted by Gasteiger charge is 2.22. The summed E-state index contributed by atoms with van der Waals surface area (Å²) in [5.41, 5.74) is 2.19. The van der Waals surface area contributed by atoms with Gasteiger partial charge in [0.2, 0.25) is 10.0 Å². The van der Waals surface area contributed by atoms with E-state index in [1.165, 1.54) is 42.0 Å². The minimum atomic E-state index is -3.47. The van der Waals surface area contributed by atoms with Gasteiger partial charge in [0.05, 0.1) is 4.90 Å². The topological polar surface area (TPSA) is 50.3 Å². The van der Waals surface area contributed by atoms with Crippen molar-refractivity contribution in [1.29, 1.82) is 0 Å². The Morgan fingerprint density at radius 1 is 1.00 bits per heavy atom. The van der Waals surface area contributed by atoms with E-state index in [9.17, 15) is 8.42 Å². The Morgan fingerprint density at radius 3 is 2.25 bits per heavy atom. The lowest BCUT2D eigenvalue weighted by Crippen LogP contribution is -2.26. The van der Waals surface area contributed by atoms with Crippen LogP contribution in [0.15, 0.2) is 53.7 Å². The van der Waals surface area contributed by atoms with Crippen LogP contribution in [0.4, 0.5) is 0 Å². The van der Waals surface area contributed by atoms with Crippen LogP contribution in [0.25, 0.3) is 0 Å². The molecule has 0 amide bonds. The summed E-state index contributed by atoms with van der Waals surface area (Å²) in [7, 11) is -1.86. The fourth-order valence-corrected chi connectivity index (χ4v) is 4.52. The third-order valence-electron chi connectivity index (χ3n) is 4.82. The van der Waals surface area contributed by atoms with Crippen LogP contribution in [0.2, 0.25) is 0 Å². The Morgan fingerprint density at radius 2 is 1.62 bits per heavy atom. The quantitative estimate of drug-likeness (QED) is 0.825. The Bertz CT molecular complexity index is 752. The lowest BCUT2D eigenvalue weighted by atomic mass is 9.84. The molecule has 0 N–H and O–H groups in total. The van der Waals surface area contributed by atoms with Crippen molar-refractivity contribution in [2.45, 2.75) is 49.5 Å². The Hall–Kier alpha value is -1.72. The van der Waals surface area contributed by atoms with Crippen molar-refractivity contribution in [3.63, 3.8) is 0 Å². The van der Waals surface area contributed by atoms with Gasteiger partial charge >= 0.3 is 0 Å². The molecule has 1 aromatic heterocycles. The molecular formula is C19H24N2O2S. The first kappa shape index (κ1) is 17.1. The van der Waals surface area contributed by atoms with Gasteiger partial charge in [-0.05, 0) is 54.2 Å². The highest BCUT2D eigenvalue weighted by molar-refractivity contribution is 7.89. The summed E-state index contributed by atoms with van der Waals surface area (Å²) >= 11 is 0. The van der Waals surface area contributed by atoms with Gasteiger partial charge in [-0.1, -0.05) is 31.4 Å². The van der Waals surface area contributed by atoms with E-state index >= 15 is 0 Å². The summed E-state index contributed by atoms with van der Waals surface area (Å²) in [5, 5.41) is 0. The van der Waals surface area contributed by atoms with E-state index in [-0.39, 0.29) is 0 Å². The third kappa shape index (κ3) is 3.84. The lowest BCUT2D eigenvalue weighted by molar-refractivity contribution is 0.443. The van der Waals surface area contributed by atoms with E-state index in [1.807, 2.05) is 24.3 Å². The molecule has 1 fully saturated rings. The van der Waals surface area contributed by atoms with Crippen molar-refractivity contribution in [3.05, 3.63) is 59.9 Å². The number of hydrogen-bond acceptors (Lipinski definition) is 3. The van der Waals surface area contributed by atoms with Gasteiger partial charge in [-0.15, -0.1) is 0 Å². The van der Waals surface area contributed by atoms with Crippen LogP contribution in [-0.2, 0) is 16.6 Å². The number of nitrogens with zero attached hydrogens (tertiary/aromatic N) is 2. The first-order valence-corrected chi connectivity index (χ1v) is 9.96. The molecule has 128 valence electrons. The molecule has 4 nitrogen and oxygen atoms in total. The van der Waals surface area contributed by atoms with Gasteiger partial charge in [-0.3, -0.25) is 4.98 Å². The molecule has 1 heterocycles. The summed E-state index contributed by atoms with van der Waals surface area (Å²) in [4.78, 5) is 4.32. The Labute approximate surface area is 144 Å². The zero-order chi connectivity index (χ0) is 17.0. The van der Waals surface area contributed by atoms with Crippen molar-refractivity contribution in [2.24, 2.45) is 0 Å². The van der Waals surface area contributed by atoms with Gasteiger partial charge < -0.3 is 0 Å². The number of aromatic nitrogens is 1. The number of hydrogen-bond donors (Lipinski definition) is 0. The molecule has 0 unspecified atom stereocenters. The number of pyridine rings is 1. The van der Waals surface area contributed by atoms with Crippen LogP contribution >= 0.6 is 0 Å². The minimum absolute atomic E-state index is 0.342. The van der Waals surface area contributed by atoms with Crippen molar-refractivity contribution in [3.8, 4) is 0 Å². The molecular weight excluding hydrogens is 320 g/mol. The summed E-state index contributed by atoms with van der Waals surface area (Å²) in [5.74, 6) is 0.588. The molecule has 5 heteroatoms. The van der Waals surface area contributed by atoms with Gasteiger partial charge in [0.25, 0.3) is 0 Å². The van der Waals surface area contributed by atoms with E-state index in [0.717, 1.165) is 5.56 Å². The van der Waals surface area contributed by atoms with Gasteiger partial charge in [-0.2, -0.15) is 4.31 Å². The van der Waals surface area contributed by atoms with Crippen LogP contribution in [0.1, 0.15) is 49.1 Å². The fourth-order valence-electron chi connectivity index (χ4n) is 3.36. The monoisotopic (exact) mass is 344 g/mol. The molecule has 1 aliphatic rings. The average molecular weight is 344 g/mol. The largest absolute Gasteiger partial charge is 0.265 e. The molecule has 0 saturated heterocycles. The molecule has 1 aromatic carbocycles. The average Bonchev–Trinajstić information content (AvgIpc) is 2.63. The molecule has 2 aromatic rings. The van der Waals surface area contributed by atoms with Crippen molar-refractivity contribution in [2.75, 3.05) is 7.05 Å². The van der Waals surface area contributed by atoms with E-state index in [2.05, 4.69) is 4.98 Å². The Balaban J connectivity index is 1.74. The fraction of sp³-hybridized carbons (Fsp3) is 0.421. The first-order chi connectivity index (χ1) is 11.6. The van der Waals surface area contributed by atoms with E-state index in [1.54, 1.807) is 31.6 Å². The first-order valence-electron chi connectivity index (χ1n) is 8.52. The second-order valence-electron chi connectivity index (χ2n) is 6.52. The van der Waals surface area contributed by atoms with Gasteiger partial charge in [0.1, 0.15) is 0 Å². The molecule has 0 bridgehead atoms. The van der Waals surface area contributed by atoms with E-state index < -0.39 is 10.0 Å². The number of benzene rings is 1. The molecule has 0 radical (unpaired) electrons. The van der Waals surface area contributed by atoms with Crippen LogP contribution in [0.3, 0.4) is 0 Å². The van der Waals surface area contributed by atoms with Crippen molar-refractivity contribution < 1.29 is 8.42 Å². The van der Waals surface area contributed by atoms with Crippen molar-refractivity contribution in [1.82, 2.24) is 9.29 Å². The van der Waals surface area contributed by atoms with Crippen LogP contribution < -0.4 is 0 Å². The van der Waals surface area contributed by atoms with Crippen LogP contribution in [-0.4, -0.2) is 24.8 Å². The summed E-state index contributed by atoms with van der Waals surface area (Å²) < 4.78 is 26.9.